The summed E-state index contributed by atoms with van der Waals surface area (Å²) in [6.45, 7) is 1.82. The number of aromatic amines is 1. The number of fused-ring (bicyclic) bond motifs is 1. The molecular formula is C17H18N4O. The Balaban J connectivity index is 1.78. The number of hydrogen-bond acceptors (Lipinski definition) is 3. The van der Waals surface area contributed by atoms with Crippen LogP contribution in [0.3, 0.4) is 0 Å². The lowest BCUT2D eigenvalue weighted by molar-refractivity contribution is 0.702. The first-order chi connectivity index (χ1) is 10.6. The van der Waals surface area contributed by atoms with E-state index in [1.165, 1.54) is 28.5 Å². The second-order valence-corrected chi connectivity index (χ2v) is 6.02. The van der Waals surface area contributed by atoms with E-state index in [2.05, 4.69) is 33.6 Å². The summed E-state index contributed by atoms with van der Waals surface area (Å²) in [6.07, 6.45) is 6.20. The van der Waals surface area contributed by atoms with Gasteiger partial charge in [0.15, 0.2) is 0 Å². The molecule has 1 saturated carbocycles. The molecule has 5 heteroatoms. The Morgan fingerprint density at radius 3 is 2.95 bits per heavy atom. The molecule has 0 amide bonds. The molecule has 3 aromatic rings. The van der Waals surface area contributed by atoms with E-state index in [9.17, 15) is 4.79 Å². The number of aryl methyl sites for hydroxylation is 1. The van der Waals surface area contributed by atoms with Crippen molar-refractivity contribution < 1.29 is 0 Å². The van der Waals surface area contributed by atoms with E-state index in [0.717, 1.165) is 16.9 Å². The molecule has 22 heavy (non-hydrogen) atoms. The van der Waals surface area contributed by atoms with Crippen molar-refractivity contribution in [2.45, 2.75) is 25.7 Å². The van der Waals surface area contributed by atoms with E-state index < -0.39 is 0 Å². The van der Waals surface area contributed by atoms with Crippen LogP contribution < -0.4 is 10.9 Å². The molecule has 0 unspecified atom stereocenters. The molecule has 112 valence electrons. The number of H-pyrrole nitrogens is 1. The maximum atomic E-state index is 12.0. The lowest BCUT2D eigenvalue weighted by Gasteiger charge is -2.12. The Kier molecular flexibility index (Phi) is 2.82. The molecule has 0 atom stereocenters. The fraction of sp³-hybridized carbons (Fsp3) is 0.294. The highest BCUT2D eigenvalue weighted by molar-refractivity contribution is 5.88. The van der Waals surface area contributed by atoms with Crippen molar-refractivity contribution in [1.82, 2.24) is 14.8 Å². The summed E-state index contributed by atoms with van der Waals surface area (Å²) < 4.78 is 1.35. The molecule has 0 aliphatic heterocycles. The van der Waals surface area contributed by atoms with Crippen molar-refractivity contribution in [3.63, 3.8) is 0 Å². The average molecular weight is 294 g/mol. The summed E-state index contributed by atoms with van der Waals surface area (Å²) in [7, 11) is 1.66. The van der Waals surface area contributed by atoms with Gasteiger partial charge in [0.25, 0.3) is 5.56 Å². The molecule has 2 aromatic heterocycles. The molecule has 2 heterocycles. The monoisotopic (exact) mass is 294 g/mol. The Bertz CT molecular complexity index is 918. The minimum absolute atomic E-state index is 0.0756. The first kappa shape index (κ1) is 13.1. The highest BCUT2D eigenvalue weighted by Gasteiger charge is 2.26. The van der Waals surface area contributed by atoms with Gasteiger partial charge >= 0.3 is 0 Å². The van der Waals surface area contributed by atoms with Crippen LogP contribution in [-0.4, -0.2) is 14.8 Å². The van der Waals surface area contributed by atoms with Crippen LogP contribution in [0.25, 0.3) is 10.9 Å². The number of anilines is 2. The van der Waals surface area contributed by atoms with Crippen LogP contribution >= 0.6 is 0 Å². The standard InChI is InChI=1S/C17H18N4O/c1-10-16(9-19-21(2)17(10)22)20-12-7-14(11-3-4-11)13-5-6-18-15(13)8-12/h5-9,11,18,20H,3-4H2,1-2H3. The third-order valence-corrected chi connectivity index (χ3v) is 4.38. The molecule has 0 saturated heterocycles. The van der Waals surface area contributed by atoms with Gasteiger partial charge in [-0.3, -0.25) is 4.79 Å². The third-order valence-electron chi connectivity index (χ3n) is 4.38. The third kappa shape index (κ3) is 2.09. The van der Waals surface area contributed by atoms with Crippen LogP contribution in [0, 0.1) is 6.92 Å². The van der Waals surface area contributed by atoms with Crippen LogP contribution in [0.15, 0.2) is 35.4 Å². The van der Waals surface area contributed by atoms with E-state index in [0.29, 0.717) is 11.5 Å². The van der Waals surface area contributed by atoms with Gasteiger partial charge in [0.2, 0.25) is 0 Å². The summed E-state index contributed by atoms with van der Waals surface area (Å²) in [5.41, 5.74) is 4.87. The predicted octanol–water partition coefficient (Wildman–Crippen LogP) is 3.19. The molecule has 1 aliphatic carbocycles. The highest BCUT2D eigenvalue weighted by Crippen LogP contribution is 2.44. The summed E-state index contributed by atoms with van der Waals surface area (Å²) in [5.74, 6) is 0.669. The predicted molar refractivity (Wildman–Crippen MR) is 87.8 cm³/mol. The Hall–Kier alpha value is -2.56. The average Bonchev–Trinajstić information content (AvgIpc) is 3.25. The molecule has 2 N–H and O–H groups in total. The van der Waals surface area contributed by atoms with Gasteiger partial charge < -0.3 is 10.3 Å². The van der Waals surface area contributed by atoms with Crippen molar-refractivity contribution in [1.29, 1.82) is 0 Å². The highest BCUT2D eigenvalue weighted by atomic mass is 16.1. The van der Waals surface area contributed by atoms with E-state index in [4.69, 9.17) is 0 Å². The minimum atomic E-state index is -0.0756. The van der Waals surface area contributed by atoms with Crippen molar-refractivity contribution in [3.05, 3.63) is 52.1 Å². The normalized spacial score (nSPS) is 14.5. The van der Waals surface area contributed by atoms with E-state index in [1.807, 2.05) is 13.1 Å². The zero-order chi connectivity index (χ0) is 15.3. The molecule has 0 radical (unpaired) electrons. The quantitative estimate of drug-likeness (QED) is 0.780. The summed E-state index contributed by atoms with van der Waals surface area (Å²) in [6, 6.07) is 6.42. The first-order valence-corrected chi connectivity index (χ1v) is 7.54. The Morgan fingerprint density at radius 1 is 1.36 bits per heavy atom. The second kappa shape index (κ2) is 4.73. The van der Waals surface area contributed by atoms with Gasteiger partial charge in [-0.05, 0) is 49.4 Å². The van der Waals surface area contributed by atoms with E-state index >= 15 is 0 Å². The molecule has 5 nitrogen and oxygen atoms in total. The van der Waals surface area contributed by atoms with E-state index in [1.54, 1.807) is 13.2 Å². The van der Waals surface area contributed by atoms with Gasteiger partial charge in [0.05, 0.1) is 11.9 Å². The molecule has 1 fully saturated rings. The summed E-state index contributed by atoms with van der Waals surface area (Å²) in [4.78, 5) is 15.3. The second-order valence-electron chi connectivity index (χ2n) is 6.02. The van der Waals surface area contributed by atoms with Gasteiger partial charge in [-0.1, -0.05) is 0 Å². The zero-order valence-corrected chi connectivity index (χ0v) is 12.7. The van der Waals surface area contributed by atoms with Gasteiger partial charge in [-0.15, -0.1) is 0 Å². The molecule has 0 bridgehead atoms. The summed E-state index contributed by atoms with van der Waals surface area (Å²) in [5, 5.41) is 8.74. The number of hydrogen-bond donors (Lipinski definition) is 2. The lowest BCUT2D eigenvalue weighted by atomic mass is 10.0. The van der Waals surface area contributed by atoms with Gasteiger partial charge in [0.1, 0.15) is 0 Å². The minimum Gasteiger partial charge on any atom is -0.361 e. The number of benzene rings is 1. The molecule has 4 rings (SSSR count). The molecule has 1 aliphatic rings. The Morgan fingerprint density at radius 2 is 2.18 bits per heavy atom. The fourth-order valence-electron chi connectivity index (χ4n) is 2.93. The summed E-state index contributed by atoms with van der Waals surface area (Å²) >= 11 is 0. The van der Waals surface area contributed by atoms with Gasteiger partial charge in [-0.25, -0.2) is 4.68 Å². The fourth-order valence-corrected chi connectivity index (χ4v) is 2.93. The maximum Gasteiger partial charge on any atom is 0.271 e. The number of aromatic nitrogens is 3. The Labute approximate surface area is 128 Å². The largest absolute Gasteiger partial charge is 0.361 e. The molecule has 0 spiro atoms. The molecular weight excluding hydrogens is 276 g/mol. The van der Waals surface area contributed by atoms with E-state index in [-0.39, 0.29) is 5.56 Å². The van der Waals surface area contributed by atoms with Crippen molar-refractivity contribution in [2.24, 2.45) is 7.05 Å². The van der Waals surface area contributed by atoms with Crippen molar-refractivity contribution in [3.8, 4) is 0 Å². The van der Waals surface area contributed by atoms with Crippen LogP contribution in [0.4, 0.5) is 11.4 Å². The lowest BCUT2D eigenvalue weighted by Crippen LogP contribution is -2.22. The van der Waals surface area contributed by atoms with Crippen LogP contribution in [0.5, 0.6) is 0 Å². The van der Waals surface area contributed by atoms with Crippen LogP contribution in [0.2, 0.25) is 0 Å². The number of nitrogens with one attached hydrogen (secondary N) is 2. The zero-order valence-electron chi connectivity index (χ0n) is 12.7. The van der Waals surface area contributed by atoms with Gasteiger partial charge in [-0.2, -0.15) is 5.10 Å². The number of nitrogens with zero attached hydrogens (tertiary/aromatic N) is 2. The smallest absolute Gasteiger partial charge is 0.271 e. The molecule has 1 aromatic carbocycles. The van der Waals surface area contributed by atoms with Gasteiger partial charge in [0, 0.05) is 35.4 Å². The first-order valence-electron chi connectivity index (χ1n) is 7.54. The number of rotatable bonds is 3. The topological polar surface area (TPSA) is 62.7 Å². The maximum absolute atomic E-state index is 12.0. The van der Waals surface area contributed by atoms with Crippen molar-refractivity contribution >= 4 is 22.3 Å². The van der Waals surface area contributed by atoms with Crippen LogP contribution in [-0.2, 0) is 7.05 Å². The van der Waals surface area contributed by atoms with Crippen molar-refractivity contribution in [2.75, 3.05) is 5.32 Å². The SMILES string of the molecule is Cc1c(Nc2cc(C3CC3)c3cc[nH]c3c2)cnn(C)c1=O. The van der Waals surface area contributed by atoms with Crippen LogP contribution in [0.1, 0.15) is 29.9 Å².